The van der Waals surface area contributed by atoms with Gasteiger partial charge in [0.2, 0.25) is 0 Å². The van der Waals surface area contributed by atoms with Gasteiger partial charge < -0.3 is 9.90 Å². The lowest BCUT2D eigenvalue weighted by Crippen LogP contribution is -2.65. The van der Waals surface area contributed by atoms with Crippen molar-refractivity contribution in [3.8, 4) is 0 Å². The van der Waals surface area contributed by atoms with Crippen molar-refractivity contribution < 1.29 is 9.90 Å². The second-order valence-electron chi connectivity index (χ2n) is 9.86. The maximum Gasteiger partial charge on any atom is 0.126 e. The van der Waals surface area contributed by atoms with E-state index in [9.17, 15) is 9.90 Å². The fourth-order valence-electron chi connectivity index (χ4n) is 7.82. The van der Waals surface area contributed by atoms with Gasteiger partial charge in [0.1, 0.15) is 6.29 Å². The Hall–Kier alpha value is 0.360. The Morgan fingerprint density at radius 1 is 1.13 bits per heavy atom. The van der Waals surface area contributed by atoms with Crippen LogP contribution < -0.4 is 0 Å². The van der Waals surface area contributed by atoms with E-state index < -0.39 is 5.60 Å². The molecule has 3 heteroatoms. The van der Waals surface area contributed by atoms with Crippen LogP contribution in [0.2, 0.25) is 0 Å². The summed E-state index contributed by atoms with van der Waals surface area (Å²) < 4.78 is 1.19. The van der Waals surface area contributed by atoms with Crippen LogP contribution in [0.5, 0.6) is 0 Å². The topological polar surface area (TPSA) is 37.3 Å². The molecule has 1 spiro atoms. The zero-order valence-electron chi connectivity index (χ0n) is 14.6. The van der Waals surface area contributed by atoms with E-state index in [0.717, 1.165) is 18.8 Å². The van der Waals surface area contributed by atoms with Gasteiger partial charge >= 0.3 is 0 Å². The van der Waals surface area contributed by atoms with E-state index in [2.05, 4.69) is 36.4 Å². The normalized spacial score (nSPS) is 58.3. The summed E-state index contributed by atoms with van der Waals surface area (Å²) in [6.07, 6.45) is 12.1. The summed E-state index contributed by atoms with van der Waals surface area (Å²) in [5, 5.41) is 10.9. The summed E-state index contributed by atoms with van der Waals surface area (Å²) in [6.45, 7) is 4.33. The quantitative estimate of drug-likeness (QED) is 0.390. The number of aliphatic hydroxyl groups is 1. The van der Waals surface area contributed by atoms with Crippen molar-refractivity contribution in [2.75, 3.05) is 4.43 Å². The van der Waals surface area contributed by atoms with E-state index in [1.54, 1.807) is 0 Å². The molecule has 23 heavy (non-hydrogen) atoms. The van der Waals surface area contributed by atoms with Gasteiger partial charge in [0.05, 0.1) is 5.60 Å². The number of carbonyl (C=O) groups is 1. The largest absolute Gasteiger partial charge is 0.390 e. The van der Waals surface area contributed by atoms with Crippen LogP contribution in [-0.4, -0.2) is 21.4 Å². The molecule has 0 aliphatic heterocycles. The zero-order chi connectivity index (χ0) is 16.5. The Labute approximate surface area is 154 Å². The molecule has 0 aromatic rings. The Balaban J connectivity index is 1.77. The number of carbonyl (C=O) groups excluding carboxylic acids is 1. The molecule has 5 fully saturated rings. The Kier molecular flexibility index (Phi) is 3.79. The molecule has 5 aliphatic rings. The van der Waals surface area contributed by atoms with Crippen molar-refractivity contribution in [2.24, 2.45) is 34.0 Å². The lowest BCUT2D eigenvalue weighted by molar-refractivity contribution is -0.226. The number of hydrogen-bond acceptors (Lipinski definition) is 2. The molecule has 5 rings (SSSR count). The SMILES string of the molecule is CC1(C=O)CCCC2(CI)[C@@H]1CC[C@@]13CCC(C[C@@H]21)[C@@](C)(O)C3. The van der Waals surface area contributed by atoms with Crippen molar-refractivity contribution in [3.05, 3.63) is 0 Å². The Morgan fingerprint density at radius 3 is 2.52 bits per heavy atom. The fourth-order valence-corrected chi connectivity index (χ4v) is 9.26. The minimum Gasteiger partial charge on any atom is -0.390 e. The standard InChI is InChI=1S/C20H31IO2/c1-17(13-22)6-3-7-20(12-21)15(17)5-9-19-8-4-14(10-16(19)20)18(2,23)11-19/h13-16,23H,3-12H2,1-2H3/t14?,15-,16-,17?,18+,19-,20?/m1/s1. The highest BCUT2D eigenvalue weighted by atomic mass is 127. The van der Waals surface area contributed by atoms with Crippen molar-refractivity contribution in [1.82, 2.24) is 0 Å². The molecule has 0 amide bonds. The molecular formula is C20H31IO2. The molecule has 0 radical (unpaired) electrons. The molecule has 0 aromatic carbocycles. The average Bonchev–Trinajstić information content (AvgIpc) is 2.53. The van der Waals surface area contributed by atoms with E-state index in [-0.39, 0.29) is 5.41 Å². The van der Waals surface area contributed by atoms with Gasteiger partial charge in [-0.05, 0) is 86.9 Å². The summed E-state index contributed by atoms with van der Waals surface area (Å²) in [5.74, 6) is 1.79. The first-order valence-electron chi connectivity index (χ1n) is 9.57. The summed E-state index contributed by atoms with van der Waals surface area (Å²) in [7, 11) is 0. The molecule has 2 nitrogen and oxygen atoms in total. The van der Waals surface area contributed by atoms with Crippen LogP contribution >= 0.6 is 22.6 Å². The molecule has 130 valence electrons. The molecule has 7 atom stereocenters. The van der Waals surface area contributed by atoms with Gasteiger partial charge in [-0.1, -0.05) is 35.9 Å². The van der Waals surface area contributed by atoms with E-state index in [4.69, 9.17) is 0 Å². The van der Waals surface area contributed by atoms with Gasteiger partial charge in [-0.3, -0.25) is 0 Å². The lowest BCUT2D eigenvalue weighted by Gasteiger charge is -2.70. The summed E-state index contributed by atoms with van der Waals surface area (Å²) in [5.41, 5.74) is 0.157. The number of alkyl halides is 1. The first kappa shape index (κ1) is 16.8. The third kappa shape index (κ3) is 2.10. The van der Waals surface area contributed by atoms with Crippen LogP contribution in [0.4, 0.5) is 0 Å². The predicted octanol–water partition coefficient (Wildman–Crippen LogP) is 4.76. The second kappa shape index (κ2) is 5.18. The maximum atomic E-state index is 12.0. The highest BCUT2D eigenvalue weighted by Crippen LogP contribution is 2.72. The number of halogens is 1. The van der Waals surface area contributed by atoms with Crippen LogP contribution in [-0.2, 0) is 4.79 Å². The molecule has 5 saturated carbocycles. The van der Waals surface area contributed by atoms with Gasteiger partial charge in [0.25, 0.3) is 0 Å². The monoisotopic (exact) mass is 430 g/mol. The Bertz CT molecular complexity index is 518. The molecule has 2 bridgehead atoms. The van der Waals surface area contributed by atoms with Gasteiger partial charge in [-0.25, -0.2) is 0 Å². The molecule has 0 aromatic heterocycles. The van der Waals surface area contributed by atoms with Crippen LogP contribution in [0, 0.1) is 34.0 Å². The second-order valence-corrected chi connectivity index (χ2v) is 10.6. The van der Waals surface area contributed by atoms with Crippen LogP contribution in [0.25, 0.3) is 0 Å². The van der Waals surface area contributed by atoms with E-state index in [1.165, 1.54) is 55.7 Å². The first-order chi connectivity index (χ1) is 10.8. The van der Waals surface area contributed by atoms with Crippen molar-refractivity contribution in [3.63, 3.8) is 0 Å². The maximum absolute atomic E-state index is 12.0. The van der Waals surface area contributed by atoms with E-state index >= 15 is 0 Å². The summed E-state index contributed by atoms with van der Waals surface area (Å²) in [4.78, 5) is 12.0. The minimum atomic E-state index is -0.448. The molecule has 5 aliphatic carbocycles. The number of rotatable bonds is 2. The van der Waals surface area contributed by atoms with Crippen molar-refractivity contribution >= 4 is 28.9 Å². The molecule has 1 N–H and O–H groups in total. The lowest BCUT2D eigenvalue weighted by atomic mass is 9.36. The van der Waals surface area contributed by atoms with Gasteiger partial charge in [-0.2, -0.15) is 0 Å². The first-order valence-corrected chi connectivity index (χ1v) is 11.1. The molecular weight excluding hydrogens is 399 g/mol. The summed E-state index contributed by atoms with van der Waals surface area (Å²) >= 11 is 2.62. The number of hydrogen-bond donors (Lipinski definition) is 1. The molecule has 3 unspecified atom stereocenters. The average molecular weight is 430 g/mol. The third-order valence-corrected chi connectivity index (χ3v) is 10.3. The number of aldehydes is 1. The number of fused-ring (bicyclic) bond motifs is 3. The van der Waals surface area contributed by atoms with Gasteiger partial charge in [0, 0.05) is 9.84 Å². The predicted molar refractivity (Wildman–Crippen MR) is 101 cm³/mol. The van der Waals surface area contributed by atoms with Crippen LogP contribution in [0.15, 0.2) is 0 Å². The Morgan fingerprint density at radius 2 is 1.87 bits per heavy atom. The van der Waals surface area contributed by atoms with Gasteiger partial charge in [-0.15, -0.1) is 0 Å². The van der Waals surface area contributed by atoms with E-state index in [1.807, 2.05) is 0 Å². The highest BCUT2D eigenvalue weighted by molar-refractivity contribution is 14.1. The molecule has 0 saturated heterocycles. The van der Waals surface area contributed by atoms with Gasteiger partial charge in [0.15, 0.2) is 0 Å². The smallest absolute Gasteiger partial charge is 0.126 e. The zero-order valence-corrected chi connectivity index (χ0v) is 16.8. The van der Waals surface area contributed by atoms with Crippen LogP contribution in [0.3, 0.4) is 0 Å². The third-order valence-electron chi connectivity index (χ3n) is 8.83. The summed E-state index contributed by atoms with van der Waals surface area (Å²) in [6, 6.07) is 0. The van der Waals surface area contributed by atoms with Crippen LogP contribution in [0.1, 0.15) is 71.6 Å². The van der Waals surface area contributed by atoms with Crippen molar-refractivity contribution in [2.45, 2.75) is 77.2 Å². The van der Waals surface area contributed by atoms with Crippen molar-refractivity contribution in [1.29, 1.82) is 0 Å². The fraction of sp³-hybridized carbons (Fsp3) is 0.950. The highest BCUT2D eigenvalue weighted by Gasteiger charge is 2.67. The minimum absolute atomic E-state index is 0.107. The molecule has 0 heterocycles. The van der Waals surface area contributed by atoms with E-state index in [0.29, 0.717) is 22.7 Å².